The van der Waals surface area contributed by atoms with Gasteiger partial charge in [0.05, 0.1) is 5.69 Å². The number of carbonyl (C=O) groups excluding carboxylic acids is 2. The van der Waals surface area contributed by atoms with Crippen molar-refractivity contribution in [2.75, 3.05) is 0 Å². The van der Waals surface area contributed by atoms with Crippen molar-refractivity contribution >= 4 is 22.7 Å². The van der Waals surface area contributed by atoms with Gasteiger partial charge in [-0.15, -0.1) is 0 Å². The zero-order valence-corrected chi connectivity index (χ0v) is 10.7. The van der Waals surface area contributed by atoms with Crippen molar-refractivity contribution in [3.05, 3.63) is 36.2 Å². The number of nitrogens with zero attached hydrogens (tertiary/aromatic N) is 1. The Morgan fingerprint density at radius 1 is 1.11 bits per heavy atom. The summed E-state index contributed by atoms with van der Waals surface area (Å²) in [4.78, 5) is 25.8. The first kappa shape index (κ1) is 13.0. The summed E-state index contributed by atoms with van der Waals surface area (Å²) >= 11 is 0. The van der Waals surface area contributed by atoms with Gasteiger partial charge < -0.3 is 9.47 Å². The predicted octanol–water partition coefficient (Wildman–Crippen LogP) is 2.22. The zero-order chi connectivity index (χ0) is 13.8. The largest absolute Gasteiger partial charge is 0.459 e. The third-order valence-corrected chi connectivity index (χ3v) is 2.43. The molecule has 0 atom stereocenters. The van der Waals surface area contributed by atoms with Crippen LogP contribution < -0.4 is 4.74 Å². The second-order valence-electron chi connectivity index (χ2n) is 4.06. The molecule has 0 aliphatic heterocycles. The number of fused-ring (bicyclic) bond motifs is 1. The summed E-state index contributed by atoms with van der Waals surface area (Å²) in [6, 6.07) is 7.06. The van der Waals surface area contributed by atoms with Crippen LogP contribution in [0.1, 0.15) is 19.5 Å². The third-order valence-electron chi connectivity index (χ3n) is 2.43. The second kappa shape index (κ2) is 5.48. The number of esters is 2. The smallest absolute Gasteiger partial charge is 0.308 e. The van der Waals surface area contributed by atoms with Crippen LogP contribution in [0.4, 0.5) is 0 Å². The van der Waals surface area contributed by atoms with Gasteiger partial charge in [0.15, 0.2) is 0 Å². The van der Waals surface area contributed by atoms with Gasteiger partial charge in [-0.3, -0.25) is 14.6 Å². The van der Waals surface area contributed by atoms with Crippen molar-refractivity contribution in [1.29, 1.82) is 0 Å². The fourth-order valence-electron chi connectivity index (χ4n) is 1.65. The van der Waals surface area contributed by atoms with E-state index in [1.807, 2.05) is 6.07 Å². The number of hydrogen-bond acceptors (Lipinski definition) is 5. The highest BCUT2D eigenvalue weighted by Gasteiger charge is 2.03. The van der Waals surface area contributed by atoms with E-state index in [4.69, 9.17) is 9.47 Å². The molecule has 0 bridgehead atoms. The minimum atomic E-state index is -0.367. The molecule has 1 aromatic heterocycles. The van der Waals surface area contributed by atoms with E-state index < -0.39 is 0 Å². The lowest BCUT2D eigenvalue weighted by Crippen LogP contribution is -2.02. The molecule has 5 nitrogen and oxygen atoms in total. The molecule has 1 heterocycles. The lowest BCUT2D eigenvalue weighted by Gasteiger charge is -2.05. The number of ether oxygens (including phenoxy) is 2. The topological polar surface area (TPSA) is 65.5 Å². The summed E-state index contributed by atoms with van der Waals surface area (Å²) < 4.78 is 9.90. The van der Waals surface area contributed by atoms with E-state index in [0.717, 1.165) is 10.8 Å². The van der Waals surface area contributed by atoms with Crippen molar-refractivity contribution < 1.29 is 19.1 Å². The highest BCUT2D eigenvalue weighted by Crippen LogP contribution is 2.21. The van der Waals surface area contributed by atoms with Gasteiger partial charge in [0.2, 0.25) is 0 Å². The number of pyridine rings is 1. The van der Waals surface area contributed by atoms with E-state index in [9.17, 15) is 9.59 Å². The number of hydrogen-bond donors (Lipinski definition) is 0. The predicted molar refractivity (Wildman–Crippen MR) is 68.5 cm³/mol. The lowest BCUT2D eigenvalue weighted by atomic mass is 10.1. The molecule has 0 spiro atoms. The van der Waals surface area contributed by atoms with Crippen LogP contribution in [0.15, 0.2) is 30.5 Å². The Balaban J connectivity index is 2.28. The molecule has 0 saturated heterocycles. The Morgan fingerprint density at radius 3 is 2.58 bits per heavy atom. The molecule has 19 heavy (non-hydrogen) atoms. The van der Waals surface area contributed by atoms with Crippen molar-refractivity contribution in [3.8, 4) is 5.75 Å². The Bertz CT molecular complexity index is 636. The highest BCUT2D eigenvalue weighted by atomic mass is 16.5. The fraction of sp³-hybridized carbons (Fsp3) is 0.214. The lowest BCUT2D eigenvalue weighted by molar-refractivity contribution is -0.142. The van der Waals surface area contributed by atoms with Crippen LogP contribution in [-0.2, 0) is 20.9 Å². The molecule has 5 heteroatoms. The van der Waals surface area contributed by atoms with Crippen LogP contribution in [0.2, 0.25) is 0 Å². The van der Waals surface area contributed by atoms with Gasteiger partial charge in [-0.05, 0) is 29.7 Å². The van der Waals surface area contributed by atoms with Gasteiger partial charge in [-0.2, -0.15) is 0 Å². The molecule has 0 radical (unpaired) electrons. The van der Waals surface area contributed by atoms with Crippen molar-refractivity contribution in [2.45, 2.75) is 20.5 Å². The first-order valence-corrected chi connectivity index (χ1v) is 5.75. The van der Waals surface area contributed by atoms with Crippen molar-refractivity contribution in [3.63, 3.8) is 0 Å². The summed E-state index contributed by atoms with van der Waals surface area (Å²) in [5, 5.41) is 1.79. The molecule has 2 aromatic rings. The standard InChI is InChI=1S/C14H13NO4/c1-9(16)18-8-13-5-12-6-14(19-10(2)17)4-3-11(12)7-15-13/h3-7H,8H2,1-2H3. The fourth-order valence-corrected chi connectivity index (χ4v) is 1.65. The van der Waals surface area contributed by atoms with E-state index in [0.29, 0.717) is 11.4 Å². The van der Waals surface area contributed by atoms with Crippen molar-refractivity contribution in [2.24, 2.45) is 0 Å². The maximum Gasteiger partial charge on any atom is 0.308 e. The average Bonchev–Trinajstić information content (AvgIpc) is 2.35. The van der Waals surface area contributed by atoms with Crippen LogP contribution in [0.25, 0.3) is 10.8 Å². The number of rotatable bonds is 3. The van der Waals surface area contributed by atoms with Gasteiger partial charge in [0.25, 0.3) is 0 Å². The van der Waals surface area contributed by atoms with Crippen LogP contribution >= 0.6 is 0 Å². The SMILES string of the molecule is CC(=O)OCc1cc2cc(OC(C)=O)ccc2cn1. The van der Waals surface area contributed by atoms with E-state index >= 15 is 0 Å². The van der Waals surface area contributed by atoms with Crippen LogP contribution in [-0.4, -0.2) is 16.9 Å². The molecule has 0 amide bonds. The summed E-state index contributed by atoms with van der Waals surface area (Å²) in [6.45, 7) is 2.83. The van der Waals surface area contributed by atoms with Gasteiger partial charge in [0.1, 0.15) is 12.4 Å². The second-order valence-corrected chi connectivity index (χ2v) is 4.06. The minimum absolute atomic E-state index is 0.128. The quantitative estimate of drug-likeness (QED) is 0.624. The zero-order valence-electron chi connectivity index (χ0n) is 10.7. The first-order valence-electron chi connectivity index (χ1n) is 5.75. The number of aromatic nitrogens is 1. The molecule has 0 N–H and O–H groups in total. The first-order chi connectivity index (χ1) is 9.04. The summed E-state index contributed by atoms with van der Waals surface area (Å²) in [5.41, 5.74) is 0.641. The molecule has 2 rings (SSSR count). The van der Waals surface area contributed by atoms with Gasteiger partial charge in [0, 0.05) is 25.4 Å². The summed E-state index contributed by atoms with van der Waals surface area (Å²) in [6.07, 6.45) is 1.69. The molecule has 0 aliphatic rings. The monoisotopic (exact) mass is 259 g/mol. The normalized spacial score (nSPS) is 10.2. The molecule has 98 valence electrons. The molecule has 0 aliphatic carbocycles. The summed E-state index contributed by atoms with van der Waals surface area (Å²) in [7, 11) is 0. The molecular formula is C14H13NO4. The average molecular weight is 259 g/mol. The van der Waals surface area contributed by atoms with E-state index in [-0.39, 0.29) is 18.5 Å². The highest BCUT2D eigenvalue weighted by molar-refractivity contribution is 5.84. The maximum atomic E-state index is 10.9. The van der Waals surface area contributed by atoms with E-state index in [1.54, 1.807) is 24.4 Å². The Hall–Kier alpha value is -2.43. The van der Waals surface area contributed by atoms with Gasteiger partial charge >= 0.3 is 11.9 Å². The van der Waals surface area contributed by atoms with Crippen LogP contribution in [0.3, 0.4) is 0 Å². The van der Waals surface area contributed by atoms with E-state index in [2.05, 4.69) is 4.98 Å². The minimum Gasteiger partial charge on any atom is -0.459 e. The van der Waals surface area contributed by atoms with Gasteiger partial charge in [-0.25, -0.2) is 0 Å². The molecular weight excluding hydrogens is 246 g/mol. The Labute approximate surface area is 110 Å². The molecule has 0 saturated carbocycles. The Kier molecular flexibility index (Phi) is 3.75. The van der Waals surface area contributed by atoms with E-state index in [1.165, 1.54) is 13.8 Å². The molecule has 1 aromatic carbocycles. The third kappa shape index (κ3) is 3.51. The van der Waals surface area contributed by atoms with Crippen LogP contribution in [0, 0.1) is 0 Å². The summed E-state index contributed by atoms with van der Waals surface area (Å²) in [5.74, 6) is -0.242. The van der Waals surface area contributed by atoms with Gasteiger partial charge in [-0.1, -0.05) is 0 Å². The number of carbonyl (C=O) groups is 2. The van der Waals surface area contributed by atoms with Crippen LogP contribution in [0.5, 0.6) is 5.75 Å². The Morgan fingerprint density at radius 2 is 1.89 bits per heavy atom. The van der Waals surface area contributed by atoms with Crippen molar-refractivity contribution in [1.82, 2.24) is 4.98 Å². The maximum absolute atomic E-state index is 10.9. The molecule has 0 unspecified atom stereocenters. The molecule has 0 fully saturated rings. The number of benzene rings is 1.